The summed E-state index contributed by atoms with van der Waals surface area (Å²) in [6, 6.07) is 1.75. The van der Waals surface area contributed by atoms with Crippen molar-refractivity contribution in [2.24, 2.45) is 0 Å². The number of hydrogen-bond donors (Lipinski definition) is 0. The predicted octanol–water partition coefficient (Wildman–Crippen LogP) is 1.83. The fourth-order valence-electron chi connectivity index (χ4n) is 0. The minimum atomic E-state index is -6.00. The quantitative estimate of drug-likeness (QED) is 0.423. The topological polar surface area (TPSA) is 23.8 Å². The molecule has 0 heterocycles. The summed E-state index contributed by atoms with van der Waals surface area (Å²) < 4.78 is 39.0. The van der Waals surface area contributed by atoms with Gasteiger partial charge >= 0.3 is 7.25 Å². The maximum atomic E-state index is 9.75. The van der Waals surface area contributed by atoms with Crippen LogP contribution in [0.4, 0.5) is 17.3 Å². The van der Waals surface area contributed by atoms with Crippen molar-refractivity contribution in [1.29, 1.82) is 5.26 Å². The average Bonchev–Trinajstić information content (AvgIpc) is 1.27. The van der Waals surface area contributed by atoms with Gasteiger partial charge in [0.15, 0.2) is 0 Å². The standard InChI is InChI=1S/C2H3N.BF4.Cu/c1-2-3;2-1(3,4)5;/h1H3;;/q;-1;. The number of halogens is 4. The van der Waals surface area contributed by atoms with Crippen LogP contribution < -0.4 is 0 Å². The van der Waals surface area contributed by atoms with E-state index in [-0.39, 0.29) is 17.1 Å². The summed E-state index contributed by atoms with van der Waals surface area (Å²) in [6.07, 6.45) is 0. The Morgan fingerprint density at radius 1 is 1.22 bits per heavy atom. The number of hydrogen-bond acceptors (Lipinski definition) is 1. The molecule has 0 aromatic rings. The minimum absolute atomic E-state index is 0. The van der Waals surface area contributed by atoms with Gasteiger partial charge in [-0.1, -0.05) is 0 Å². The van der Waals surface area contributed by atoms with Crippen LogP contribution in [0.1, 0.15) is 6.92 Å². The molecular weight excluding hydrogens is 188 g/mol. The third-order valence-electron chi connectivity index (χ3n) is 0. The Bertz CT molecular complexity index is 79.5. The Morgan fingerprint density at radius 3 is 1.22 bits per heavy atom. The molecule has 0 aliphatic carbocycles. The van der Waals surface area contributed by atoms with E-state index >= 15 is 0 Å². The Hall–Kier alpha value is -0.206. The summed E-state index contributed by atoms with van der Waals surface area (Å²) in [6.45, 7) is 1.43. The molecule has 0 bridgehead atoms. The van der Waals surface area contributed by atoms with Crippen molar-refractivity contribution in [3.05, 3.63) is 0 Å². The summed E-state index contributed by atoms with van der Waals surface area (Å²) in [5.74, 6) is 0. The summed E-state index contributed by atoms with van der Waals surface area (Å²) in [4.78, 5) is 0. The van der Waals surface area contributed by atoms with Crippen molar-refractivity contribution in [1.82, 2.24) is 0 Å². The fourth-order valence-corrected chi connectivity index (χ4v) is 0. The van der Waals surface area contributed by atoms with Gasteiger partial charge in [0.1, 0.15) is 0 Å². The molecule has 1 radical (unpaired) electrons. The van der Waals surface area contributed by atoms with Crippen LogP contribution in [0.5, 0.6) is 0 Å². The van der Waals surface area contributed by atoms with Gasteiger partial charge in [0.2, 0.25) is 0 Å². The summed E-state index contributed by atoms with van der Waals surface area (Å²) in [5.41, 5.74) is 0. The van der Waals surface area contributed by atoms with Gasteiger partial charge in [0.25, 0.3) is 0 Å². The molecule has 0 unspecified atom stereocenters. The van der Waals surface area contributed by atoms with E-state index in [2.05, 4.69) is 0 Å². The zero-order valence-electron chi connectivity index (χ0n) is 4.34. The second kappa shape index (κ2) is 7.79. The van der Waals surface area contributed by atoms with Crippen LogP contribution in [-0.4, -0.2) is 7.25 Å². The van der Waals surface area contributed by atoms with Crippen molar-refractivity contribution in [3.8, 4) is 6.07 Å². The molecule has 0 aliphatic rings. The molecule has 0 saturated carbocycles. The molecule has 0 spiro atoms. The Labute approximate surface area is 60.6 Å². The minimum Gasteiger partial charge on any atom is -0.418 e. The largest absolute Gasteiger partial charge is 0.673 e. The molecule has 7 heteroatoms. The maximum Gasteiger partial charge on any atom is 0.673 e. The molecule has 0 N–H and O–H groups in total. The molecule has 0 fully saturated rings. The molecule has 9 heavy (non-hydrogen) atoms. The van der Waals surface area contributed by atoms with E-state index in [0.29, 0.717) is 0 Å². The summed E-state index contributed by atoms with van der Waals surface area (Å²) in [7, 11) is -6.00. The van der Waals surface area contributed by atoms with Gasteiger partial charge in [-0.25, -0.2) is 0 Å². The molecule has 0 rings (SSSR count). The Morgan fingerprint density at radius 2 is 1.22 bits per heavy atom. The van der Waals surface area contributed by atoms with Crippen LogP contribution in [0.15, 0.2) is 0 Å². The second-order valence-electron chi connectivity index (χ2n) is 0.718. The van der Waals surface area contributed by atoms with Crippen molar-refractivity contribution >= 4 is 7.25 Å². The third kappa shape index (κ3) is 6190. The van der Waals surface area contributed by atoms with Crippen LogP contribution in [0.25, 0.3) is 0 Å². The third-order valence-corrected chi connectivity index (χ3v) is 0. The van der Waals surface area contributed by atoms with Crippen molar-refractivity contribution in [3.63, 3.8) is 0 Å². The van der Waals surface area contributed by atoms with E-state index in [1.54, 1.807) is 6.07 Å². The van der Waals surface area contributed by atoms with E-state index in [1.807, 2.05) is 0 Å². The zero-order chi connectivity index (χ0) is 7.21. The van der Waals surface area contributed by atoms with Gasteiger partial charge in [0, 0.05) is 24.0 Å². The zero-order valence-corrected chi connectivity index (χ0v) is 5.28. The molecule has 59 valence electrons. The second-order valence-corrected chi connectivity index (χ2v) is 0.718. The van der Waals surface area contributed by atoms with E-state index in [0.717, 1.165) is 0 Å². The molecule has 0 aromatic heterocycles. The van der Waals surface area contributed by atoms with E-state index in [4.69, 9.17) is 5.26 Å². The van der Waals surface area contributed by atoms with Gasteiger partial charge in [0.05, 0.1) is 6.07 Å². The Kier molecular flexibility index (Phi) is 13.8. The molecule has 0 saturated heterocycles. The van der Waals surface area contributed by atoms with Crippen molar-refractivity contribution in [2.45, 2.75) is 6.92 Å². The number of rotatable bonds is 0. The van der Waals surface area contributed by atoms with Crippen LogP contribution in [0, 0.1) is 11.3 Å². The van der Waals surface area contributed by atoms with Crippen molar-refractivity contribution < 1.29 is 34.3 Å². The van der Waals surface area contributed by atoms with Gasteiger partial charge in [-0.2, -0.15) is 5.26 Å². The maximum absolute atomic E-state index is 9.75. The summed E-state index contributed by atoms with van der Waals surface area (Å²) in [5, 5.41) is 7.32. The van der Waals surface area contributed by atoms with Gasteiger partial charge < -0.3 is 17.3 Å². The first kappa shape index (κ1) is 15.9. The SMILES string of the molecule is CC#N.F[B-](F)(F)F.[Cu]. The molecule has 0 atom stereocenters. The van der Waals surface area contributed by atoms with Crippen LogP contribution in [-0.2, 0) is 17.1 Å². The Balaban J connectivity index is -0.0000000800. The average molecular weight is 191 g/mol. The molecule has 1 nitrogen and oxygen atoms in total. The van der Waals surface area contributed by atoms with Gasteiger partial charge in [-0.3, -0.25) is 0 Å². The van der Waals surface area contributed by atoms with Crippen LogP contribution in [0.3, 0.4) is 0 Å². The van der Waals surface area contributed by atoms with E-state index in [1.165, 1.54) is 6.92 Å². The first-order valence-corrected chi connectivity index (χ1v) is 1.60. The predicted molar refractivity (Wildman–Crippen MR) is 21.5 cm³/mol. The van der Waals surface area contributed by atoms with Crippen molar-refractivity contribution in [2.75, 3.05) is 0 Å². The fraction of sp³-hybridized carbons (Fsp3) is 0.500. The van der Waals surface area contributed by atoms with Crippen LogP contribution >= 0.6 is 0 Å². The smallest absolute Gasteiger partial charge is 0.418 e. The van der Waals surface area contributed by atoms with E-state index < -0.39 is 7.25 Å². The molecule has 0 aliphatic heterocycles. The number of nitrogens with zero attached hydrogens (tertiary/aromatic N) is 1. The van der Waals surface area contributed by atoms with Gasteiger partial charge in [-0.05, 0) is 0 Å². The summed E-state index contributed by atoms with van der Waals surface area (Å²) >= 11 is 0. The first-order valence-electron chi connectivity index (χ1n) is 1.60. The van der Waals surface area contributed by atoms with E-state index in [9.17, 15) is 17.3 Å². The normalized spacial score (nSPS) is 7.56. The van der Waals surface area contributed by atoms with Gasteiger partial charge in [-0.15, -0.1) is 0 Å². The van der Waals surface area contributed by atoms with Crippen LogP contribution in [0.2, 0.25) is 0 Å². The first-order chi connectivity index (χ1) is 3.41. The molecule has 0 aromatic carbocycles. The monoisotopic (exact) mass is 191 g/mol. The molecule has 0 amide bonds. The number of nitriles is 1. The molecular formula is C2H3BCuF4N-.